The summed E-state index contributed by atoms with van der Waals surface area (Å²) in [5.74, 6) is 0.857. The molecule has 0 spiro atoms. The topological polar surface area (TPSA) is 49.4 Å². The number of hydrogen-bond donors (Lipinski definition) is 1. The summed E-state index contributed by atoms with van der Waals surface area (Å²) in [6.07, 6.45) is 1.31. The lowest BCUT2D eigenvalue weighted by molar-refractivity contribution is 0.130. The van der Waals surface area contributed by atoms with Crippen molar-refractivity contribution in [2.75, 3.05) is 31.6 Å². The summed E-state index contributed by atoms with van der Waals surface area (Å²) in [7, 11) is -2.85. The fourth-order valence-electron chi connectivity index (χ4n) is 1.99. The number of piperazine rings is 1. The molecule has 96 valence electrons. The van der Waals surface area contributed by atoms with Crippen molar-refractivity contribution in [2.45, 2.75) is 32.9 Å². The normalized spacial score (nSPS) is 28.6. The Balaban J connectivity index is 2.50. The van der Waals surface area contributed by atoms with Crippen molar-refractivity contribution in [1.29, 1.82) is 0 Å². The van der Waals surface area contributed by atoms with E-state index >= 15 is 0 Å². The van der Waals surface area contributed by atoms with E-state index in [1.165, 1.54) is 6.26 Å². The molecule has 16 heavy (non-hydrogen) atoms. The third-order valence-electron chi connectivity index (χ3n) is 3.28. The van der Waals surface area contributed by atoms with Crippen molar-refractivity contribution in [3.63, 3.8) is 0 Å². The van der Waals surface area contributed by atoms with E-state index in [0.717, 1.165) is 13.1 Å². The number of hydrogen-bond acceptors (Lipinski definition) is 4. The van der Waals surface area contributed by atoms with E-state index in [1.54, 1.807) is 0 Å². The van der Waals surface area contributed by atoms with Crippen LogP contribution in [0.4, 0.5) is 0 Å². The average molecular weight is 248 g/mol. The lowest BCUT2D eigenvalue weighted by Crippen LogP contribution is -2.57. The Kier molecular flexibility index (Phi) is 4.76. The highest BCUT2D eigenvalue weighted by atomic mass is 32.2. The van der Waals surface area contributed by atoms with Crippen LogP contribution in [0.5, 0.6) is 0 Å². The first-order valence-electron chi connectivity index (χ1n) is 5.95. The van der Waals surface area contributed by atoms with E-state index in [4.69, 9.17) is 0 Å². The largest absolute Gasteiger partial charge is 0.311 e. The van der Waals surface area contributed by atoms with Crippen LogP contribution in [-0.4, -0.2) is 57.0 Å². The van der Waals surface area contributed by atoms with Gasteiger partial charge in [-0.1, -0.05) is 13.8 Å². The van der Waals surface area contributed by atoms with E-state index in [1.807, 2.05) is 0 Å². The third kappa shape index (κ3) is 4.39. The van der Waals surface area contributed by atoms with E-state index < -0.39 is 9.84 Å². The molecule has 2 unspecified atom stereocenters. The lowest BCUT2D eigenvalue weighted by Gasteiger charge is -2.40. The molecule has 1 rings (SSSR count). The van der Waals surface area contributed by atoms with E-state index in [-0.39, 0.29) is 5.75 Å². The average Bonchev–Trinajstić information content (AvgIpc) is 2.14. The van der Waals surface area contributed by atoms with Crippen molar-refractivity contribution in [3.05, 3.63) is 0 Å². The second-order valence-electron chi connectivity index (χ2n) is 5.23. The Morgan fingerprint density at radius 3 is 2.56 bits per heavy atom. The molecule has 0 aromatic heterocycles. The van der Waals surface area contributed by atoms with Gasteiger partial charge in [0.25, 0.3) is 0 Å². The molecule has 0 amide bonds. The van der Waals surface area contributed by atoms with Crippen LogP contribution in [0.1, 0.15) is 20.8 Å². The summed E-state index contributed by atoms with van der Waals surface area (Å²) < 4.78 is 22.3. The van der Waals surface area contributed by atoms with Gasteiger partial charge in [-0.3, -0.25) is 4.90 Å². The summed E-state index contributed by atoms with van der Waals surface area (Å²) in [6, 6.07) is 0.910. The van der Waals surface area contributed by atoms with Gasteiger partial charge in [0, 0.05) is 38.0 Å². The van der Waals surface area contributed by atoms with Gasteiger partial charge >= 0.3 is 0 Å². The van der Waals surface area contributed by atoms with E-state index in [0.29, 0.717) is 24.5 Å². The van der Waals surface area contributed by atoms with Gasteiger partial charge in [-0.15, -0.1) is 0 Å². The van der Waals surface area contributed by atoms with Gasteiger partial charge in [-0.05, 0) is 12.8 Å². The zero-order valence-electron chi connectivity index (χ0n) is 10.7. The van der Waals surface area contributed by atoms with Gasteiger partial charge in [-0.25, -0.2) is 8.42 Å². The summed E-state index contributed by atoms with van der Waals surface area (Å²) in [6.45, 7) is 9.10. The maximum absolute atomic E-state index is 11.2. The molecule has 4 nitrogen and oxygen atoms in total. The number of sulfone groups is 1. The fraction of sp³-hybridized carbons (Fsp3) is 1.00. The third-order valence-corrected chi connectivity index (χ3v) is 4.21. The number of nitrogens with one attached hydrogen (secondary N) is 1. The van der Waals surface area contributed by atoms with Gasteiger partial charge in [-0.2, -0.15) is 0 Å². The zero-order valence-corrected chi connectivity index (χ0v) is 11.5. The van der Waals surface area contributed by atoms with Crippen LogP contribution in [0, 0.1) is 5.92 Å². The summed E-state index contributed by atoms with van der Waals surface area (Å²) in [5.41, 5.74) is 0. The SMILES string of the molecule is CC(C)C1CN(CCS(C)(=O)=O)C(C)CN1. The van der Waals surface area contributed by atoms with Crippen LogP contribution in [0.3, 0.4) is 0 Å². The molecule has 5 heteroatoms. The quantitative estimate of drug-likeness (QED) is 0.780. The van der Waals surface area contributed by atoms with Crippen molar-refractivity contribution in [1.82, 2.24) is 10.2 Å². The zero-order chi connectivity index (χ0) is 12.3. The van der Waals surface area contributed by atoms with Crippen molar-refractivity contribution >= 4 is 9.84 Å². The number of rotatable bonds is 4. The predicted octanol–water partition coefficient (Wildman–Crippen LogP) is 0.349. The molecule has 0 radical (unpaired) electrons. The maximum Gasteiger partial charge on any atom is 0.148 e. The maximum atomic E-state index is 11.2. The minimum absolute atomic E-state index is 0.266. The molecule has 0 aliphatic carbocycles. The van der Waals surface area contributed by atoms with E-state index in [2.05, 4.69) is 31.0 Å². The van der Waals surface area contributed by atoms with Crippen molar-refractivity contribution in [2.24, 2.45) is 5.92 Å². The monoisotopic (exact) mass is 248 g/mol. The first-order valence-corrected chi connectivity index (χ1v) is 8.01. The highest BCUT2D eigenvalue weighted by Gasteiger charge is 2.26. The first-order chi connectivity index (χ1) is 7.29. The van der Waals surface area contributed by atoms with Crippen LogP contribution in [-0.2, 0) is 9.84 Å². The molecule has 1 fully saturated rings. The molecule has 0 bridgehead atoms. The lowest BCUT2D eigenvalue weighted by atomic mass is 10.00. The Labute approximate surface area is 99.3 Å². The molecule has 1 N–H and O–H groups in total. The van der Waals surface area contributed by atoms with Gasteiger partial charge in [0.2, 0.25) is 0 Å². The minimum atomic E-state index is -2.85. The second-order valence-corrected chi connectivity index (χ2v) is 7.49. The summed E-state index contributed by atoms with van der Waals surface area (Å²) in [5, 5.41) is 3.50. The molecule has 0 aromatic rings. The number of nitrogens with zero attached hydrogens (tertiary/aromatic N) is 1. The molecule has 0 aromatic carbocycles. The second kappa shape index (κ2) is 5.47. The van der Waals surface area contributed by atoms with Gasteiger partial charge in [0.05, 0.1) is 5.75 Å². The highest BCUT2D eigenvalue weighted by Crippen LogP contribution is 2.12. The molecular formula is C11H24N2O2S. The van der Waals surface area contributed by atoms with Crippen LogP contribution in [0.25, 0.3) is 0 Å². The fourth-order valence-corrected chi connectivity index (χ4v) is 2.56. The minimum Gasteiger partial charge on any atom is -0.311 e. The van der Waals surface area contributed by atoms with Crippen LogP contribution >= 0.6 is 0 Å². The first kappa shape index (κ1) is 13.9. The van der Waals surface area contributed by atoms with Gasteiger partial charge in [0.1, 0.15) is 9.84 Å². The van der Waals surface area contributed by atoms with Crippen molar-refractivity contribution < 1.29 is 8.42 Å². The molecule has 2 atom stereocenters. The summed E-state index contributed by atoms with van der Waals surface area (Å²) in [4.78, 5) is 2.28. The van der Waals surface area contributed by atoms with E-state index in [9.17, 15) is 8.42 Å². The smallest absolute Gasteiger partial charge is 0.148 e. The van der Waals surface area contributed by atoms with Crippen LogP contribution in [0.2, 0.25) is 0 Å². The standard InChI is InChI=1S/C11H24N2O2S/c1-9(2)11-8-13(10(3)7-12-11)5-6-16(4,14)15/h9-12H,5-8H2,1-4H3. The molecule has 1 aliphatic heterocycles. The highest BCUT2D eigenvalue weighted by molar-refractivity contribution is 7.90. The predicted molar refractivity (Wildman–Crippen MR) is 67.4 cm³/mol. The van der Waals surface area contributed by atoms with Crippen LogP contribution in [0.15, 0.2) is 0 Å². The molecular weight excluding hydrogens is 224 g/mol. The Hall–Kier alpha value is -0.130. The molecule has 1 saturated heterocycles. The van der Waals surface area contributed by atoms with Gasteiger partial charge in [0.15, 0.2) is 0 Å². The Morgan fingerprint density at radius 2 is 2.06 bits per heavy atom. The molecule has 0 saturated carbocycles. The van der Waals surface area contributed by atoms with Gasteiger partial charge < -0.3 is 5.32 Å². The van der Waals surface area contributed by atoms with Crippen molar-refractivity contribution in [3.8, 4) is 0 Å². The molecule has 1 aliphatic rings. The molecule has 1 heterocycles. The summed E-state index contributed by atoms with van der Waals surface area (Å²) >= 11 is 0. The Morgan fingerprint density at radius 1 is 1.44 bits per heavy atom. The van der Waals surface area contributed by atoms with Crippen LogP contribution < -0.4 is 5.32 Å². The Bertz CT molecular complexity index is 314.